The normalized spacial score (nSPS) is 10.1. The highest BCUT2D eigenvalue weighted by atomic mass is 19.1. The summed E-state index contributed by atoms with van der Waals surface area (Å²) in [5.41, 5.74) is 0.594. The number of nitrogens with one attached hydrogen (secondary N) is 2. The molecule has 14 heavy (non-hydrogen) atoms. The average molecular weight is 196 g/mol. The molecule has 1 aromatic rings. The predicted molar refractivity (Wildman–Crippen MR) is 58.1 cm³/mol. The largest absolute Gasteiger partial charge is 0.383 e. The van der Waals surface area contributed by atoms with Crippen LogP contribution >= 0.6 is 0 Å². The minimum atomic E-state index is -0.180. The van der Waals surface area contributed by atoms with Crippen LogP contribution in [0.25, 0.3) is 0 Å². The Hall–Kier alpha value is -1.09. The van der Waals surface area contributed by atoms with Crippen LogP contribution in [0.1, 0.15) is 12.8 Å². The lowest BCUT2D eigenvalue weighted by atomic mass is 10.2. The van der Waals surface area contributed by atoms with Crippen LogP contribution in [-0.2, 0) is 0 Å². The standard InChI is InChI=1S/C11H17FN2/c1-13-8-4-5-9-14-11-7-3-2-6-10(11)12/h2-3,6-7,13-14H,4-5,8-9H2,1H3. The Kier molecular flexibility index (Phi) is 5.00. The molecule has 78 valence electrons. The molecule has 3 heteroatoms. The van der Waals surface area contributed by atoms with Gasteiger partial charge in [-0.1, -0.05) is 12.1 Å². The van der Waals surface area contributed by atoms with E-state index in [0.29, 0.717) is 5.69 Å². The molecule has 0 aliphatic carbocycles. The minimum absolute atomic E-state index is 0.180. The molecule has 0 spiro atoms. The summed E-state index contributed by atoms with van der Waals surface area (Å²) in [5.74, 6) is -0.180. The Morgan fingerprint density at radius 1 is 1.14 bits per heavy atom. The smallest absolute Gasteiger partial charge is 0.146 e. The molecule has 0 aliphatic rings. The first-order valence-electron chi connectivity index (χ1n) is 4.97. The van der Waals surface area contributed by atoms with Gasteiger partial charge in [0.1, 0.15) is 5.82 Å². The number of hydrogen-bond acceptors (Lipinski definition) is 2. The van der Waals surface area contributed by atoms with E-state index in [4.69, 9.17) is 0 Å². The lowest BCUT2D eigenvalue weighted by Gasteiger charge is -2.06. The summed E-state index contributed by atoms with van der Waals surface area (Å²) in [6, 6.07) is 6.75. The molecule has 0 fully saturated rings. The lowest BCUT2D eigenvalue weighted by Crippen LogP contribution is -2.10. The maximum Gasteiger partial charge on any atom is 0.146 e. The summed E-state index contributed by atoms with van der Waals surface area (Å²) in [6.45, 7) is 1.83. The lowest BCUT2D eigenvalue weighted by molar-refractivity contribution is 0.628. The van der Waals surface area contributed by atoms with Gasteiger partial charge in [0.2, 0.25) is 0 Å². The molecule has 0 bridgehead atoms. The van der Waals surface area contributed by atoms with E-state index in [0.717, 1.165) is 25.9 Å². The highest BCUT2D eigenvalue weighted by molar-refractivity contribution is 5.44. The molecule has 1 aromatic carbocycles. The molecule has 0 unspecified atom stereocenters. The maximum absolute atomic E-state index is 13.1. The number of anilines is 1. The van der Waals surface area contributed by atoms with Crippen molar-refractivity contribution < 1.29 is 4.39 Å². The van der Waals surface area contributed by atoms with E-state index in [1.165, 1.54) is 6.07 Å². The summed E-state index contributed by atoms with van der Waals surface area (Å²) in [4.78, 5) is 0. The van der Waals surface area contributed by atoms with Crippen molar-refractivity contribution in [2.24, 2.45) is 0 Å². The number of benzene rings is 1. The van der Waals surface area contributed by atoms with Gasteiger partial charge in [-0.05, 0) is 38.6 Å². The first kappa shape index (κ1) is 11.0. The molecule has 0 radical (unpaired) electrons. The molecule has 2 nitrogen and oxygen atoms in total. The Labute approximate surface area is 84.5 Å². The zero-order valence-electron chi connectivity index (χ0n) is 8.52. The Balaban J connectivity index is 2.21. The van der Waals surface area contributed by atoms with Crippen LogP contribution in [0.3, 0.4) is 0 Å². The number of hydrogen-bond donors (Lipinski definition) is 2. The molecule has 0 amide bonds. The second kappa shape index (κ2) is 6.38. The SMILES string of the molecule is CNCCCCNc1ccccc1F. The van der Waals surface area contributed by atoms with Crippen molar-refractivity contribution >= 4 is 5.69 Å². The maximum atomic E-state index is 13.1. The van der Waals surface area contributed by atoms with Gasteiger partial charge in [-0.25, -0.2) is 4.39 Å². The highest BCUT2D eigenvalue weighted by Gasteiger charge is 1.97. The number of para-hydroxylation sites is 1. The molecule has 0 saturated heterocycles. The zero-order chi connectivity index (χ0) is 10.2. The third-order valence-corrected chi connectivity index (χ3v) is 2.04. The second-order valence-electron chi connectivity index (χ2n) is 3.22. The predicted octanol–water partition coefficient (Wildman–Crippen LogP) is 2.24. The molecule has 2 N–H and O–H groups in total. The van der Waals surface area contributed by atoms with Crippen molar-refractivity contribution in [2.75, 3.05) is 25.5 Å². The van der Waals surface area contributed by atoms with Gasteiger partial charge in [-0.15, -0.1) is 0 Å². The summed E-state index contributed by atoms with van der Waals surface area (Å²) in [7, 11) is 1.93. The van der Waals surface area contributed by atoms with E-state index in [-0.39, 0.29) is 5.82 Å². The monoisotopic (exact) mass is 196 g/mol. The first-order chi connectivity index (χ1) is 6.84. The van der Waals surface area contributed by atoms with Gasteiger partial charge < -0.3 is 10.6 Å². The van der Waals surface area contributed by atoms with Crippen LogP contribution in [0.15, 0.2) is 24.3 Å². The summed E-state index contributed by atoms with van der Waals surface area (Å²) in [5, 5.41) is 6.14. The fourth-order valence-electron chi connectivity index (χ4n) is 1.25. The van der Waals surface area contributed by atoms with E-state index in [1.807, 2.05) is 13.1 Å². The van der Waals surface area contributed by atoms with Gasteiger partial charge in [0.25, 0.3) is 0 Å². The van der Waals surface area contributed by atoms with Gasteiger partial charge in [0.05, 0.1) is 5.69 Å². The van der Waals surface area contributed by atoms with Gasteiger partial charge in [0, 0.05) is 6.54 Å². The molecule has 0 aliphatic heterocycles. The van der Waals surface area contributed by atoms with Crippen LogP contribution in [-0.4, -0.2) is 20.1 Å². The number of halogens is 1. The second-order valence-corrected chi connectivity index (χ2v) is 3.22. The van der Waals surface area contributed by atoms with Crippen molar-refractivity contribution in [1.29, 1.82) is 0 Å². The average Bonchev–Trinajstić information content (AvgIpc) is 2.20. The summed E-state index contributed by atoms with van der Waals surface area (Å²) in [6.07, 6.45) is 2.16. The molecular formula is C11H17FN2. The Morgan fingerprint density at radius 3 is 2.57 bits per heavy atom. The topological polar surface area (TPSA) is 24.1 Å². The van der Waals surface area contributed by atoms with Gasteiger partial charge in [-0.3, -0.25) is 0 Å². The Morgan fingerprint density at radius 2 is 1.86 bits per heavy atom. The third kappa shape index (κ3) is 3.75. The van der Waals surface area contributed by atoms with Crippen LogP contribution in [0.4, 0.5) is 10.1 Å². The van der Waals surface area contributed by atoms with Crippen molar-refractivity contribution in [2.45, 2.75) is 12.8 Å². The van der Waals surface area contributed by atoms with E-state index in [9.17, 15) is 4.39 Å². The van der Waals surface area contributed by atoms with Crippen LogP contribution in [0.2, 0.25) is 0 Å². The first-order valence-corrected chi connectivity index (χ1v) is 4.97. The van der Waals surface area contributed by atoms with E-state index in [2.05, 4.69) is 10.6 Å². The fourth-order valence-corrected chi connectivity index (χ4v) is 1.25. The Bertz CT molecular complexity index is 263. The number of rotatable bonds is 6. The van der Waals surface area contributed by atoms with Crippen molar-refractivity contribution in [1.82, 2.24) is 5.32 Å². The third-order valence-electron chi connectivity index (χ3n) is 2.04. The van der Waals surface area contributed by atoms with Gasteiger partial charge in [0.15, 0.2) is 0 Å². The molecule has 0 atom stereocenters. The van der Waals surface area contributed by atoms with Gasteiger partial charge >= 0.3 is 0 Å². The molecule has 0 saturated carbocycles. The highest BCUT2D eigenvalue weighted by Crippen LogP contribution is 2.11. The van der Waals surface area contributed by atoms with Gasteiger partial charge in [-0.2, -0.15) is 0 Å². The molecule has 0 aromatic heterocycles. The van der Waals surface area contributed by atoms with Crippen molar-refractivity contribution in [3.05, 3.63) is 30.1 Å². The molecule has 0 heterocycles. The van der Waals surface area contributed by atoms with Crippen molar-refractivity contribution in [3.63, 3.8) is 0 Å². The van der Waals surface area contributed by atoms with Crippen LogP contribution in [0, 0.1) is 5.82 Å². The van der Waals surface area contributed by atoms with Crippen LogP contribution in [0.5, 0.6) is 0 Å². The number of unbranched alkanes of at least 4 members (excludes halogenated alkanes) is 1. The van der Waals surface area contributed by atoms with E-state index < -0.39 is 0 Å². The summed E-state index contributed by atoms with van der Waals surface area (Å²) < 4.78 is 13.1. The van der Waals surface area contributed by atoms with Crippen molar-refractivity contribution in [3.8, 4) is 0 Å². The minimum Gasteiger partial charge on any atom is -0.383 e. The van der Waals surface area contributed by atoms with Crippen LogP contribution < -0.4 is 10.6 Å². The quantitative estimate of drug-likeness (QED) is 0.682. The summed E-state index contributed by atoms with van der Waals surface area (Å²) >= 11 is 0. The zero-order valence-corrected chi connectivity index (χ0v) is 8.52. The van der Waals surface area contributed by atoms with E-state index >= 15 is 0 Å². The fraction of sp³-hybridized carbons (Fsp3) is 0.455. The molecule has 1 rings (SSSR count). The van der Waals surface area contributed by atoms with E-state index in [1.54, 1.807) is 12.1 Å². The molecular weight excluding hydrogens is 179 g/mol.